The average molecular weight is 219 g/mol. The van der Waals surface area contributed by atoms with Gasteiger partial charge in [0.25, 0.3) is 0 Å². The Labute approximate surface area is 94.0 Å². The van der Waals surface area contributed by atoms with Gasteiger partial charge < -0.3 is 14.8 Å². The van der Waals surface area contributed by atoms with E-state index >= 15 is 0 Å². The van der Waals surface area contributed by atoms with Crippen LogP contribution in [0.5, 0.6) is 5.75 Å². The summed E-state index contributed by atoms with van der Waals surface area (Å²) in [6.45, 7) is 2.90. The monoisotopic (exact) mass is 219 g/mol. The van der Waals surface area contributed by atoms with Crippen LogP contribution in [0, 0.1) is 11.3 Å². The zero-order valence-corrected chi connectivity index (χ0v) is 8.85. The lowest BCUT2D eigenvalue weighted by Crippen LogP contribution is -2.41. The lowest BCUT2D eigenvalue weighted by atomic mass is 10.3. The molecule has 5 heteroatoms. The van der Waals surface area contributed by atoms with Crippen molar-refractivity contribution in [3.63, 3.8) is 0 Å². The van der Waals surface area contributed by atoms with Crippen LogP contribution in [0.25, 0.3) is 0 Å². The topological polar surface area (TPSA) is 67.2 Å². The Hall–Kier alpha value is -1.64. The van der Waals surface area contributed by atoms with Crippen LogP contribution in [-0.4, -0.2) is 37.4 Å². The van der Waals surface area contributed by atoms with Crippen LogP contribution in [0.4, 0.5) is 0 Å². The van der Waals surface area contributed by atoms with E-state index in [1.54, 1.807) is 18.3 Å². The second kappa shape index (κ2) is 5.45. The van der Waals surface area contributed by atoms with Gasteiger partial charge >= 0.3 is 0 Å². The van der Waals surface area contributed by atoms with Crippen LogP contribution in [-0.2, 0) is 4.74 Å². The summed E-state index contributed by atoms with van der Waals surface area (Å²) in [6.07, 6.45) is 1.64. The van der Waals surface area contributed by atoms with Crippen LogP contribution >= 0.6 is 0 Å². The van der Waals surface area contributed by atoms with Gasteiger partial charge in [-0.3, -0.25) is 0 Å². The molecule has 0 aliphatic carbocycles. The maximum Gasteiger partial charge on any atom is 0.144 e. The average Bonchev–Trinajstić information content (AvgIpc) is 2.38. The van der Waals surface area contributed by atoms with Gasteiger partial charge in [-0.1, -0.05) is 0 Å². The van der Waals surface area contributed by atoms with Crippen molar-refractivity contribution in [1.29, 1.82) is 5.26 Å². The third-order valence-corrected chi connectivity index (χ3v) is 2.29. The first-order valence-corrected chi connectivity index (χ1v) is 5.20. The normalized spacial score (nSPS) is 20.1. The summed E-state index contributed by atoms with van der Waals surface area (Å²) in [5.74, 6) is 0.653. The highest BCUT2D eigenvalue weighted by molar-refractivity contribution is 5.29. The Kier molecular flexibility index (Phi) is 3.70. The molecule has 1 atom stereocenters. The third-order valence-electron chi connectivity index (χ3n) is 2.29. The van der Waals surface area contributed by atoms with Gasteiger partial charge in [0, 0.05) is 25.4 Å². The first-order valence-electron chi connectivity index (χ1n) is 5.20. The quantitative estimate of drug-likeness (QED) is 0.793. The summed E-state index contributed by atoms with van der Waals surface area (Å²) in [4.78, 5) is 3.87. The van der Waals surface area contributed by atoms with Crippen molar-refractivity contribution in [2.75, 3.05) is 26.3 Å². The second-order valence-electron chi connectivity index (χ2n) is 3.50. The lowest BCUT2D eigenvalue weighted by molar-refractivity contribution is 0.000173. The summed E-state index contributed by atoms with van der Waals surface area (Å²) in [6, 6.07) is 5.33. The number of rotatable bonds is 3. The number of ether oxygens (including phenoxy) is 2. The zero-order valence-electron chi connectivity index (χ0n) is 8.85. The van der Waals surface area contributed by atoms with Gasteiger partial charge in [0.05, 0.1) is 6.61 Å². The molecule has 0 spiro atoms. The van der Waals surface area contributed by atoms with Gasteiger partial charge in [0.15, 0.2) is 0 Å². The molecule has 1 aromatic heterocycles. The molecule has 2 heterocycles. The van der Waals surface area contributed by atoms with Crippen LogP contribution < -0.4 is 10.1 Å². The number of aromatic nitrogens is 1. The number of morpholine rings is 1. The fourth-order valence-corrected chi connectivity index (χ4v) is 1.48. The molecular weight excluding hydrogens is 206 g/mol. The summed E-state index contributed by atoms with van der Waals surface area (Å²) < 4.78 is 11.0. The Morgan fingerprint density at radius 1 is 1.69 bits per heavy atom. The smallest absolute Gasteiger partial charge is 0.144 e. The van der Waals surface area contributed by atoms with Crippen molar-refractivity contribution in [2.45, 2.75) is 6.10 Å². The highest BCUT2D eigenvalue weighted by Gasteiger charge is 2.13. The molecule has 1 saturated heterocycles. The van der Waals surface area contributed by atoms with Crippen LogP contribution in [0.3, 0.4) is 0 Å². The van der Waals surface area contributed by atoms with Crippen LogP contribution in [0.1, 0.15) is 5.69 Å². The summed E-state index contributed by atoms with van der Waals surface area (Å²) in [5, 5.41) is 11.9. The molecule has 0 radical (unpaired) electrons. The molecule has 1 fully saturated rings. The minimum atomic E-state index is 0.0763. The highest BCUT2D eigenvalue weighted by atomic mass is 16.5. The first kappa shape index (κ1) is 10.9. The molecule has 16 heavy (non-hydrogen) atoms. The predicted molar refractivity (Wildman–Crippen MR) is 57.1 cm³/mol. The van der Waals surface area contributed by atoms with E-state index in [-0.39, 0.29) is 6.10 Å². The minimum absolute atomic E-state index is 0.0763. The van der Waals surface area contributed by atoms with Crippen LogP contribution in [0.15, 0.2) is 18.3 Å². The maximum absolute atomic E-state index is 8.68. The van der Waals surface area contributed by atoms with Crippen molar-refractivity contribution >= 4 is 0 Å². The zero-order chi connectivity index (χ0) is 11.2. The number of hydrogen-bond donors (Lipinski definition) is 1. The molecule has 1 aromatic rings. The van der Waals surface area contributed by atoms with Gasteiger partial charge in [0.2, 0.25) is 0 Å². The lowest BCUT2D eigenvalue weighted by Gasteiger charge is -2.23. The summed E-state index contributed by atoms with van der Waals surface area (Å²) >= 11 is 0. The summed E-state index contributed by atoms with van der Waals surface area (Å²) in [7, 11) is 0. The SMILES string of the molecule is N#Cc1cc(OCC2CNCCO2)ccn1. The van der Waals surface area contributed by atoms with Crippen molar-refractivity contribution < 1.29 is 9.47 Å². The van der Waals surface area contributed by atoms with E-state index in [2.05, 4.69) is 10.3 Å². The molecule has 5 nitrogen and oxygen atoms in total. The molecule has 1 N–H and O–H groups in total. The van der Waals surface area contributed by atoms with E-state index in [1.165, 1.54) is 0 Å². The first-order chi connectivity index (χ1) is 7.88. The van der Waals surface area contributed by atoms with E-state index in [4.69, 9.17) is 14.7 Å². The highest BCUT2D eigenvalue weighted by Crippen LogP contribution is 2.11. The Bertz CT molecular complexity index is 383. The Balaban J connectivity index is 1.86. The van der Waals surface area contributed by atoms with E-state index in [9.17, 15) is 0 Å². The van der Waals surface area contributed by atoms with Gasteiger partial charge in [0.1, 0.15) is 30.2 Å². The summed E-state index contributed by atoms with van der Waals surface area (Å²) in [5.41, 5.74) is 0.361. The molecule has 0 aromatic carbocycles. The number of nitrogens with one attached hydrogen (secondary N) is 1. The molecule has 1 aliphatic rings. The van der Waals surface area contributed by atoms with Crippen LogP contribution in [0.2, 0.25) is 0 Å². The minimum Gasteiger partial charge on any atom is -0.491 e. The molecule has 84 valence electrons. The molecule has 0 amide bonds. The molecule has 1 aliphatic heterocycles. The van der Waals surface area contributed by atoms with E-state index in [0.29, 0.717) is 24.7 Å². The molecule has 0 saturated carbocycles. The second-order valence-corrected chi connectivity index (χ2v) is 3.50. The van der Waals surface area contributed by atoms with Crippen molar-refractivity contribution in [3.05, 3.63) is 24.0 Å². The van der Waals surface area contributed by atoms with Gasteiger partial charge in [-0.15, -0.1) is 0 Å². The maximum atomic E-state index is 8.68. The largest absolute Gasteiger partial charge is 0.491 e. The molecule has 0 bridgehead atoms. The number of nitrogens with zero attached hydrogens (tertiary/aromatic N) is 2. The molecule has 2 rings (SSSR count). The number of hydrogen-bond acceptors (Lipinski definition) is 5. The Morgan fingerprint density at radius 3 is 3.38 bits per heavy atom. The number of nitriles is 1. The standard InChI is InChI=1S/C11H13N3O2/c12-6-9-5-10(1-2-14-9)16-8-11-7-13-3-4-15-11/h1-2,5,11,13H,3-4,7-8H2. The van der Waals surface area contributed by atoms with Crippen molar-refractivity contribution in [1.82, 2.24) is 10.3 Å². The van der Waals surface area contributed by atoms with E-state index < -0.39 is 0 Å². The number of pyridine rings is 1. The predicted octanol–water partition coefficient (Wildman–Crippen LogP) is 0.320. The molecule has 1 unspecified atom stereocenters. The fraction of sp³-hybridized carbons (Fsp3) is 0.455. The Morgan fingerprint density at radius 2 is 2.62 bits per heavy atom. The van der Waals surface area contributed by atoms with Gasteiger partial charge in [-0.2, -0.15) is 5.26 Å². The fourth-order valence-electron chi connectivity index (χ4n) is 1.48. The third kappa shape index (κ3) is 2.92. The van der Waals surface area contributed by atoms with E-state index in [1.807, 2.05) is 6.07 Å². The van der Waals surface area contributed by atoms with E-state index in [0.717, 1.165) is 13.1 Å². The van der Waals surface area contributed by atoms with Gasteiger partial charge in [-0.05, 0) is 6.07 Å². The van der Waals surface area contributed by atoms with Crippen molar-refractivity contribution in [2.24, 2.45) is 0 Å². The van der Waals surface area contributed by atoms with Crippen molar-refractivity contribution in [3.8, 4) is 11.8 Å². The van der Waals surface area contributed by atoms with Gasteiger partial charge in [-0.25, -0.2) is 4.98 Å². The molecular formula is C11H13N3O2.